The summed E-state index contributed by atoms with van der Waals surface area (Å²) in [5.74, 6) is -2.16. The number of ketones is 1. The second kappa shape index (κ2) is 6.73. The van der Waals surface area contributed by atoms with E-state index in [0.717, 1.165) is 0 Å². The van der Waals surface area contributed by atoms with Crippen molar-refractivity contribution in [3.05, 3.63) is 89.8 Å². The number of rotatable bonds is 4. The molecule has 0 saturated carbocycles. The van der Waals surface area contributed by atoms with E-state index in [0.29, 0.717) is 11.1 Å². The van der Waals surface area contributed by atoms with Gasteiger partial charge >= 0.3 is 0 Å². The number of hydrogen-bond acceptors (Lipinski definition) is 3. The van der Waals surface area contributed by atoms with Crippen LogP contribution in [0, 0.1) is 5.82 Å². The van der Waals surface area contributed by atoms with Gasteiger partial charge in [-0.25, -0.2) is 4.39 Å². The van der Waals surface area contributed by atoms with E-state index in [9.17, 15) is 19.1 Å². The maximum atomic E-state index is 13.3. The molecule has 25 heavy (non-hydrogen) atoms. The van der Waals surface area contributed by atoms with E-state index in [2.05, 4.69) is 6.58 Å². The predicted octanol–water partition coefficient (Wildman–Crippen LogP) is 3.43. The number of likely N-dealkylation sites (tertiary alicyclic amines) is 1. The molecule has 1 aliphatic rings. The summed E-state index contributed by atoms with van der Waals surface area (Å²) in [6.45, 7) is 3.75. The van der Waals surface area contributed by atoms with Crippen LogP contribution in [0.5, 0.6) is 0 Å². The van der Waals surface area contributed by atoms with E-state index in [1.807, 2.05) is 0 Å². The Kier molecular flexibility index (Phi) is 4.48. The van der Waals surface area contributed by atoms with E-state index in [-0.39, 0.29) is 17.9 Å². The van der Waals surface area contributed by atoms with Crippen LogP contribution in [0.15, 0.2) is 72.8 Å². The highest BCUT2D eigenvalue weighted by Crippen LogP contribution is 2.39. The standard InChI is InChI=1S/C20H16FNO3/c1-2-12-22-17(13-8-10-15(21)11-9-13)16(19(24)20(22)25)18(23)14-6-4-3-5-7-14/h2-11,17,23H,1,12H2/t17-/m0/s1. The summed E-state index contributed by atoms with van der Waals surface area (Å²) in [6, 6.07) is 13.3. The third-order valence-electron chi connectivity index (χ3n) is 4.10. The molecule has 5 heteroatoms. The average molecular weight is 337 g/mol. The molecule has 0 aromatic heterocycles. The fourth-order valence-electron chi connectivity index (χ4n) is 2.95. The van der Waals surface area contributed by atoms with Crippen molar-refractivity contribution in [3.8, 4) is 0 Å². The van der Waals surface area contributed by atoms with Crippen molar-refractivity contribution in [2.75, 3.05) is 6.54 Å². The number of nitrogens with zero attached hydrogens (tertiary/aromatic N) is 1. The van der Waals surface area contributed by atoms with Crippen LogP contribution in [0.3, 0.4) is 0 Å². The van der Waals surface area contributed by atoms with Gasteiger partial charge in [0.1, 0.15) is 11.6 Å². The van der Waals surface area contributed by atoms with Gasteiger partial charge in [0.05, 0.1) is 11.6 Å². The largest absolute Gasteiger partial charge is 0.507 e. The Hall–Kier alpha value is -3.21. The number of aliphatic hydroxyl groups is 1. The average Bonchev–Trinajstić information content (AvgIpc) is 2.88. The Morgan fingerprint density at radius 3 is 2.36 bits per heavy atom. The zero-order valence-corrected chi connectivity index (χ0v) is 13.4. The van der Waals surface area contributed by atoms with E-state index >= 15 is 0 Å². The molecule has 0 radical (unpaired) electrons. The van der Waals surface area contributed by atoms with Crippen molar-refractivity contribution in [2.45, 2.75) is 6.04 Å². The first kappa shape index (κ1) is 16.6. The van der Waals surface area contributed by atoms with Gasteiger partial charge in [-0.15, -0.1) is 6.58 Å². The van der Waals surface area contributed by atoms with Crippen molar-refractivity contribution in [3.63, 3.8) is 0 Å². The maximum absolute atomic E-state index is 13.3. The Morgan fingerprint density at radius 1 is 1.12 bits per heavy atom. The van der Waals surface area contributed by atoms with Gasteiger partial charge in [-0.3, -0.25) is 9.59 Å². The molecule has 1 N–H and O–H groups in total. The molecule has 1 saturated heterocycles. The Labute approximate surface area is 144 Å². The van der Waals surface area contributed by atoms with Crippen LogP contribution in [0.2, 0.25) is 0 Å². The summed E-state index contributed by atoms with van der Waals surface area (Å²) in [5.41, 5.74) is 0.968. The number of aliphatic hydroxyl groups excluding tert-OH is 1. The minimum atomic E-state index is -0.793. The molecule has 1 amide bonds. The lowest BCUT2D eigenvalue weighted by atomic mass is 9.95. The minimum absolute atomic E-state index is 0.00958. The topological polar surface area (TPSA) is 57.6 Å². The minimum Gasteiger partial charge on any atom is -0.507 e. The number of carbonyl (C=O) groups is 2. The maximum Gasteiger partial charge on any atom is 0.295 e. The lowest BCUT2D eigenvalue weighted by Gasteiger charge is -2.24. The van der Waals surface area contributed by atoms with E-state index < -0.39 is 23.5 Å². The smallest absolute Gasteiger partial charge is 0.295 e. The second-order valence-electron chi connectivity index (χ2n) is 5.66. The normalized spacial score (nSPS) is 19.2. The predicted molar refractivity (Wildman–Crippen MR) is 92.0 cm³/mol. The number of hydrogen-bond donors (Lipinski definition) is 1. The first-order chi connectivity index (χ1) is 12.0. The summed E-state index contributed by atoms with van der Waals surface area (Å²) in [4.78, 5) is 26.3. The Bertz CT molecular complexity index is 856. The van der Waals surface area contributed by atoms with Crippen LogP contribution < -0.4 is 0 Å². The lowest BCUT2D eigenvalue weighted by Crippen LogP contribution is -2.29. The van der Waals surface area contributed by atoms with E-state index in [1.54, 1.807) is 30.3 Å². The van der Waals surface area contributed by atoms with Crippen LogP contribution in [-0.4, -0.2) is 28.2 Å². The fourth-order valence-corrected chi connectivity index (χ4v) is 2.95. The number of amides is 1. The fraction of sp³-hybridized carbons (Fsp3) is 0.100. The molecule has 3 rings (SSSR count). The number of benzene rings is 2. The van der Waals surface area contributed by atoms with Crippen LogP contribution in [0.4, 0.5) is 4.39 Å². The van der Waals surface area contributed by atoms with Crippen molar-refractivity contribution < 1.29 is 19.1 Å². The van der Waals surface area contributed by atoms with Gasteiger partial charge < -0.3 is 10.0 Å². The number of halogens is 1. The van der Waals surface area contributed by atoms with Crippen molar-refractivity contribution in [2.24, 2.45) is 0 Å². The molecule has 4 nitrogen and oxygen atoms in total. The summed E-state index contributed by atoms with van der Waals surface area (Å²) < 4.78 is 13.3. The summed E-state index contributed by atoms with van der Waals surface area (Å²) in [7, 11) is 0. The van der Waals surface area contributed by atoms with Gasteiger partial charge in [0, 0.05) is 12.1 Å². The highest BCUT2D eigenvalue weighted by atomic mass is 19.1. The van der Waals surface area contributed by atoms with Gasteiger partial charge in [0.15, 0.2) is 0 Å². The molecule has 2 aromatic carbocycles. The Balaban J connectivity index is 2.19. The molecule has 0 spiro atoms. The molecule has 1 fully saturated rings. The van der Waals surface area contributed by atoms with Gasteiger partial charge in [-0.05, 0) is 17.7 Å². The summed E-state index contributed by atoms with van der Waals surface area (Å²) in [5, 5.41) is 10.7. The van der Waals surface area contributed by atoms with Crippen LogP contribution in [0.1, 0.15) is 17.2 Å². The first-order valence-electron chi connectivity index (χ1n) is 7.74. The zero-order valence-electron chi connectivity index (χ0n) is 13.4. The quantitative estimate of drug-likeness (QED) is 0.402. The summed E-state index contributed by atoms with van der Waals surface area (Å²) in [6.07, 6.45) is 1.50. The molecule has 2 aromatic rings. The van der Waals surface area contributed by atoms with E-state index in [4.69, 9.17) is 0 Å². The third kappa shape index (κ3) is 2.96. The highest BCUT2D eigenvalue weighted by Gasteiger charge is 2.45. The van der Waals surface area contributed by atoms with Gasteiger partial charge in [-0.1, -0.05) is 48.5 Å². The van der Waals surface area contributed by atoms with Crippen molar-refractivity contribution in [1.82, 2.24) is 4.90 Å². The van der Waals surface area contributed by atoms with Crippen molar-refractivity contribution in [1.29, 1.82) is 0 Å². The molecule has 1 heterocycles. The van der Waals surface area contributed by atoms with Crippen LogP contribution in [0.25, 0.3) is 5.76 Å². The molecule has 1 aliphatic heterocycles. The molecule has 1 atom stereocenters. The molecular formula is C20H16FNO3. The van der Waals surface area contributed by atoms with Crippen molar-refractivity contribution >= 4 is 17.4 Å². The SMILES string of the molecule is C=CCN1C(=O)C(=O)C(=C(O)c2ccccc2)[C@@H]1c1ccc(F)cc1. The van der Waals surface area contributed by atoms with Gasteiger partial charge in [-0.2, -0.15) is 0 Å². The third-order valence-corrected chi connectivity index (χ3v) is 4.10. The molecular weight excluding hydrogens is 321 g/mol. The van der Waals surface area contributed by atoms with Crippen LogP contribution in [-0.2, 0) is 9.59 Å². The summed E-state index contributed by atoms with van der Waals surface area (Å²) >= 11 is 0. The molecule has 0 aliphatic carbocycles. The van der Waals surface area contributed by atoms with Gasteiger partial charge in [0.2, 0.25) is 0 Å². The first-order valence-corrected chi connectivity index (χ1v) is 7.74. The molecule has 126 valence electrons. The Morgan fingerprint density at radius 2 is 1.76 bits per heavy atom. The second-order valence-corrected chi connectivity index (χ2v) is 5.66. The highest BCUT2D eigenvalue weighted by molar-refractivity contribution is 6.46. The number of carbonyl (C=O) groups excluding carboxylic acids is 2. The van der Waals surface area contributed by atoms with Gasteiger partial charge in [0.25, 0.3) is 11.7 Å². The molecule has 0 bridgehead atoms. The van der Waals surface area contributed by atoms with Crippen LogP contribution >= 0.6 is 0 Å². The van der Waals surface area contributed by atoms with E-state index in [1.165, 1.54) is 35.2 Å². The lowest BCUT2D eigenvalue weighted by molar-refractivity contribution is -0.139. The molecule has 0 unspecified atom stereocenters. The number of Topliss-reactive ketones (excluding diaryl/α,β-unsaturated/α-hetero) is 1. The zero-order chi connectivity index (χ0) is 18.0. The monoisotopic (exact) mass is 337 g/mol.